The van der Waals surface area contributed by atoms with Crippen LogP contribution in [0.15, 0.2) is 51.5 Å². The van der Waals surface area contributed by atoms with E-state index < -0.39 is 4.92 Å². The van der Waals surface area contributed by atoms with Crippen LogP contribution in [-0.4, -0.2) is 10.0 Å². The quantitative estimate of drug-likeness (QED) is 0.320. The zero-order valence-electron chi connectivity index (χ0n) is 17.5. The van der Waals surface area contributed by atoms with Crippen molar-refractivity contribution in [2.75, 3.05) is 0 Å². The number of nitro benzene ring substituents is 1. The molecule has 1 N–H and O–H groups in total. The lowest BCUT2D eigenvalue weighted by atomic mass is 9.60. The third-order valence-electron chi connectivity index (χ3n) is 5.55. The first-order valence-electron chi connectivity index (χ1n) is 9.17. The van der Waals surface area contributed by atoms with E-state index in [1.54, 1.807) is 0 Å². The van der Waals surface area contributed by atoms with Crippen LogP contribution in [-0.2, 0) is 0 Å². The van der Waals surface area contributed by atoms with Gasteiger partial charge in [-0.25, -0.2) is 0 Å². The normalized spacial score (nSPS) is 21.2. The van der Waals surface area contributed by atoms with Crippen molar-refractivity contribution in [3.63, 3.8) is 0 Å². The van der Waals surface area contributed by atoms with Gasteiger partial charge in [0, 0.05) is 11.1 Å². The Balaban J connectivity index is 2.60. The number of rotatable bonds is 3. The van der Waals surface area contributed by atoms with Crippen molar-refractivity contribution >= 4 is 23.0 Å². The summed E-state index contributed by atoms with van der Waals surface area (Å²) in [5.41, 5.74) is 0.482. The zero-order chi connectivity index (χ0) is 21.5. The molecule has 152 valence electrons. The molecule has 1 aliphatic rings. The van der Waals surface area contributed by atoms with E-state index in [9.17, 15) is 15.2 Å². The van der Waals surface area contributed by atoms with E-state index in [1.807, 2.05) is 26.8 Å². The van der Waals surface area contributed by atoms with Crippen molar-refractivity contribution in [1.29, 1.82) is 0 Å². The lowest BCUT2D eigenvalue weighted by molar-refractivity contribution is -0.384. The summed E-state index contributed by atoms with van der Waals surface area (Å²) in [5, 5.41) is 30.7. The van der Waals surface area contributed by atoms with Crippen LogP contribution in [0.25, 0.3) is 0 Å². The molecule has 2 rings (SSSR count). The van der Waals surface area contributed by atoms with Gasteiger partial charge in [0.15, 0.2) is 5.69 Å². The highest BCUT2D eigenvalue weighted by Gasteiger charge is 2.43. The number of hydrogen-bond acceptors (Lipinski definition) is 5. The van der Waals surface area contributed by atoms with Gasteiger partial charge in [0.1, 0.15) is 11.5 Å². The lowest BCUT2D eigenvalue weighted by Crippen LogP contribution is -2.36. The highest BCUT2D eigenvalue weighted by molar-refractivity contribution is 6.30. The molecule has 1 aromatic rings. The van der Waals surface area contributed by atoms with Gasteiger partial charge in [-0.2, -0.15) is 0 Å². The largest absolute Gasteiger partial charge is 0.506 e. The number of aliphatic hydroxyl groups excluding tert-OH is 1. The smallest absolute Gasteiger partial charge is 0.298 e. The van der Waals surface area contributed by atoms with Crippen molar-refractivity contribution in [3.05, 3.63) is 56.4 Å². The number of allylic oxidation sites excluding steroid dienone is 2. The molecular weight excluding hydrogens is 378 g/mol. The Morgan fingerprint density at radius 1 is 1.18 bits per heavy atom. The van der Waals surface area contributed by atoms with Gasteiger partial charge in [-0.05, 0) is 46.4 Å². The molecule has 0 heterocycles. The molecule has 28 heavy (non-hydrogen) atoms. The fraction of sp³-hybridized carbons (Fsp3) is 0.524. The second-order valence-corrected chi connectivity index (χ2v) is 9.98. The summed E-state index contributed by atoms with van der Waals surface area (Å²) < 4.78 is 0. The Hall–Kier alpha value is -2.21. The maximum Gasteiger partial charge on any atom is 0.298 e. The predicted octanol–water partition coefficient (Wildman–Crippen LogP) is 7.53. The highest BCUT2D eigenvalue weighted by Crippen LogP contribution is 2.52. The molecule has 7 heteroatoms. The molecule has 1 unspecified atom stereocenters. The summed E-state index contributed by atoms with van der Waals surface area (Å²) in [5.74, 6) is 0.0922. The third kappa shape index (κ3) is 4.43. The molecule has 0 aliphatic heterocycles. The minimum atomic E-state index is -0.551. The first-order chi connectivity index (χ1) is 12.7. The topological polar surface area (TPSA) is 88.1 Å². The molecule has 0 fully saturated rings. The van der Waals surface area contributed by atoms with Gasteiger partial charge in [0.05, 0.1) is 4.92 Å². The van der Waals surface area contributed by atoms with Gasteiger partial charge >= 0.3 is 0 Å². The van der Waals surface area contributed by atoms with Gasteiger partial charge < -0.3 is 5.11 Å². The van der Waals surface area contributed by atoms with Crippen LogP contribution in [0, 0.1) is 26.4 Å². The summed E-state index contributed by atoms with van der Waals surface area (Å²) in [6.45, 7) is 14.7. The number of halogens is 1. The minimum Gasteiger partial charge on any atom is -0.506 e. The molecule has 0 spiro atoms. The molecule has 0 radical (unpaired) electrons. The summed E-state index contributed by atoms with van der Waals surface area (Å²) in [6, 6.07) is 4.20. The summed E-state index contributed by atoms with van der Waals surface area (Å²) in [7, 11) is 0. The van der Waals surface area contributed by atoms with Gasteiger partial charge in [-0.1, -0.05) is 60.1 Å². The van der Waals surface area contributed by atoms with Gasteiger partial charge in [0.2, 0.25) is 0 Å². The monoisotopic (exact) mass is 405 g/mol. The van der Waals surface area contributed by atoms with E-state index in [2.05, 4.69) is 37.9 Å². The van der Waals surface area contributed by atoms with Crippen LogP contribution < -0.4 is 0 Å². The van der Waals surface area contributed by atoms with E-state index in [0.717, 1.165) is 5.57 Å². The Kier molecular flexibility index (Phi) is 5.77. The number of nitrogens with zero attached hydrogens (tertiary/aromatic N) is 3. The van der Waals surface area contributed by atoms with Gasteiger partial charge in [-0.15, -0.1) is 10.2 Å². The second-order valence-electron chi connectivity index (χ2n) is 9.54. The van der Waals surface area contributed by atoms with Crippen LogP contribution in [0.2, 0.25) is 5.02 Å². The summed E-state index contributed by atoms with van der Waals surface area (Å²) in [4.78, 5) is 10.7. The van der Waals surface area contributed by atoms with Crippen molar-refractivity contribution < 1.29 is 10.0 Å². The average molecular weight is 406 g/mol. The Bertz CT molecular complexity index is 889. The molecule has 0 aromatic heterocycles. The molecule has 0 saturated heterocycles. The highest BCUT2D eigenvalue weighted by atomic mass is 35.5. The average Bonchev–Trinajstić information content (AvgIpc) is 2.54. The molecule has 6 nitrogen and oxygen atoms in total. The number of azo groups is 1. The molecule has 0 saturated carbocycles. The maximum atomic E-state index is 11.3. The van der Waals surface area contributed by atoms with Crippen molar-refractivity contribution in [2.45, 2.75) is 54.9 Å². The molecular formula is C21H28ClN3O3. The first kappa shape index (κ1) is 22.1. The molecule has 0 amide bonds. The Labute approximate surface area is 171 Å². The van der Waals surface area contributed by atoms with Crippen LogP contribution in [0.4, 0.5) is 11.4 Å². The van der Waals surface area contributed by atoms with Gasteiger partial charge in [-0.3, -0.25) is 10.1 Å². The van der Waals surface area contributed by atoms with E-state index >= 15 is 0 Å². The summed E-state index contributed by atoms with van der Waals surface area (Å²) >= 11 is 5.85. The first-order valence-corrected chi connectivity index (χ1v) is 9.55. The van der Waals surface area contributed by atoms with Crippen molar-refractivity contribution in [1.82, 2.24) is 0 Å². The fourth-order valence-electron chi connectivity index (χ4n) is 3.04. The third-order valence-corrected chi connectivity index (χ3v) is 5.78. The predicted molar refractivity (Wildman–Crippen MR) is 112 cm³/mol. The summed E-state index contributed by atoms with van der Waals surface area (Å²) in [6.07, 6.45) is 2.62. The van der Waals surface area contributed by atoms with Crippen LogP contribution in [0.3, 0.4) is 0 Å². The van der Waals surface area contributed by atoms with E-state index in [4.69, 9.17) is 11.6 Å². The number of hydrogen-bond donors (Lipinski definition) is 1. The molecule has 1 aromatic carbocycles. The van der Waals surface area contributed by atoms with E-state index in [1.165, 1.54) is 18.2 Å². The van der Waals surface area contributed by atoms with Crippen LogP contribution >= 0.6 is 11.6 Å². The van der Waals surface area contributed by atoms with Crippen molar-refractivity contribution in [2.24, 2.45) is 26.5 Å². The van der Waals surface area contributed by atoms with E-state index in [0.29, 0.717) is 12.1 Å². The van der Waals surface area contributed by atoms with Gasteiger partial charge in [0.25, 0.3) is 5.69 Å². The number of nitro groups is 1. The van der Waals surface area contributed by atoms with Crippen LogP contribution in [0.5, 0.6) is 0 Å². The lowest BCUT2D eigenvalue weighted by Gasteiger charge is -2.45. The number of benzene rings is 1. The SMILES string of the molecule is CC(C)(C)C1=C(O)C(N=Nc2ccc(Cl)cc2[N+](=O)[O-])=CC(C)(C(C)(C)C)C1. The van der Waals surface area contributed by atoms with Crippen LogP contribution in [0.1, 0.15) is 54.9 Å². The zero-order valence-corrected chi connectivity index (χ0v) is 18.3. The Morgan fingerprint density at radius 2 is 1.79 bits per heavy atom. The molecule has 0 bridgehead atoms. The number of aliphatic hydroxyl groups is 1. The minimum absolute atomic E-state index is 0.0861. The van der Waals surface area contributed by atoms with Crippen molar-refractivity contribution in [3.8, 4) is 0 Å². The maximum absolute atomic E-state index is 11.3. The standard InChI is InChI=1S/C21H28ClN3O3/c1-19(2,3)14-11-21(7,20(4,5)6)12-16(18(14)26)24-23-15-9-8-13(22)10-17(15)25(27)28/h8-10,12,26H,11H2,1-7H3. The molecule has 1 atom stereocenters. The second kappa shape index (κ2) is 7.32. The fourth-order valence-corrected chi connectivity index (χ4v) is 3.21. The molecule has 1 aliphatic carbocycles. The Morgan fingerprint density at radius 3 is 2.29 bits per heavy atom. The van der Waals surface area contributed by atoms with E-state index in [-0.39, 0.29) is 38.4 Å².